The molecule has 1 aliphatic rings. The van der Waals surface area contributed by atoms with Crippen molar-refractivity contribution in [2.24, 2.45) is 0 Å². The van der Waals surface area contributed by atoms with Crippen molar-refractivity contribution in [3.05, 3.63) is 65.4 Å². The smallest absolute Gasteiger partial charge is 0.267 e. The number of thioether (sulfide) groups is 1. The van der Waals surface area contributed by atoms with E-state index in [2.05, 4.69) is 0 Å². The number of amides is 1. The number of rotatable bonds is 9. The molecule has 0 saturated heterocycles. The molecule has 0 bridgehead atoms. The Morgan fingerprint density at radius 3 is 2.75 bits per heavy atom. The van der Waals surface area contributed by atoms with Crippen LogP contribution < -0.4 is 9.79 Å². The van der Waals surface area contributed by atoms with Crippen LogP contribution in [0, 0.1) is 0 Å². The molecule has 0 fully saturated rings. The Balaban J connectivity index is 1.54. The molecule has 2 unspecified atom stereocenters. The highest BCUT2D eigenvalue weighted by molar-refractivity contribution is 7.98. The van der Waals surface area contributed by atoms with Crippen LogP contribution in [0.3, 0.4) is 0 Å². The van der Waals surface area contributed by atoms with E-state index < -0.39 is 23.2 Å². The van der Waals surface area contributed by atoms with Crippen molar-refractivity contribution in [3.8, 4) is 0 Å². The van der Waals surface area contributed by atoms with Crippen LogP contribution in [-0.2, 0) is 34.7 Å². The molecule has 3 aromatic rings. The van der Waals surface area contributed by atoms with Crippen LogP contribution in [0.4, 0.5) is 5.69 Å². The average molecular weight is 474 g/mol. The summed E-state index contributed by atoms with van der Waals surface area (Å²) in [5.41, 5.74) is 4.91. The van der Waals surface area contributed by atoms with Crippen LogP contribution in [0.15, 0.2) is 52.9 Å². The number of nitrogens with one attached hydrogen (secondary N) is 1. The number of benzene rings is 2. The zero-order valence-electron chi connectivity index (χ0n) is 17.5. The van der Waals surface area contributed by atoms with Crippen molar-refractivity contribution in [1.29, 1.82) is 0 Å². The summed E-state index contributed by atoms with van der Waals surface area (Å²) in [5, 5.41) is 10.2. The first-order valence-electron chi connectivity index (χ1n) is 10.6. The predicted octanol–water partition coefficient (Wildman–Crippen LogP) is 4.11. The molecule has 4 rings (SSSR count). The summed E-state index contributed by atoms with van der Waals surface area (Å²) in [7, 11) is 0. The van der Waals surface area contributed by atoms with Gasteiger partial charge in [-0.1, -0.05) is 30.3 Å². The van der Waals surface area contributed by atoms with Crippen LogP contribution >= 0.6 is 11.8 Å². The number of hydrogen-bond acceptors (Lipinski definition) is 6. The minimum Gasteiger partial charge on any atom is -0.755 e. The van der Waals surface area contributed by atoms with Gasteiger partial charge in [0, 0.05) is 40.5 Å². The third kappa shape index (κ3) is 5.01. The van der Waals surface area contributed by atoms with Crippen LogP contribution in [0.2, 0.25) is 0 Å². The molecule has 9 heteroatoms. The van der Waals surface area contributed by atoms with E-state index in [0.717, 1.165) is 52.5 Å². The van der Waals surface area contributed by atoms with E-state index in [0.29, 0.717) is 17.0 Å². The second-order valence-corrected chi connectivity index (χ2v) is 9.69. The van der Waals surface area contributed by atoms with Crippen LogP contribution in [0.5, 0.6) is 0 Å². The summed E-state index contributed by atoms with van der Waals surface area (Å²) in [4.78, 5) is 12.4. The Kier molecular flexibility index (Phi) is 7.51. The second-order valence-electron chi connectivity index (χ2n) is 7.75. The molecule has 0 radical (unpaired) electrons. The van der Waals surface area contributed by atoms with Crippen molar-refractivity contribution in [2.75, 3.05) is 10.1 Å². The quantitative estimate of drug-likeness (QED) is 0.210. The number of furan rings is 1. The molecule has 2 aromatic carbocycles. The SMILES string of the molecule is O=C(NO)C(CCSCc1ccccc1)N(c1ccc2c3c(oc2c1)CCCC3)S(=O)[O-]. The summed E-state index contributed by atoms with van der Waals surface area (Å²) < 4.78 is 31.3. The number of hydrogen-bond donors (Lipinski definition) is 2. The van der Waals surface area contributed by atoms with Gasteiger partial charge in [0.1, 0.15) is 17.4 Å². The lowest BCUT2D eigenvalue weighted by Crippen LogP contribution is -2.47. The van der Waals surface area contributed by atoms with Crippen LogP contribution in [0.25, 0.3) is 11.0 Å². The zero-order chi connectivity index (χ0) is 22.5. The molecule has 2 atom stereocenters. The molecule has 1 heterocycles. The van der Waals surface area contributed by atoms with E-state index >= 15 is 0 Å². The number of fused-ring (bicyclic) bond motifs is 3. The lowest BCUT2D eigenvalue weighted by molar-refractivity contribution is -0.130. The number of anilines is 1. The molecule has 2 N–H and O–H groups in total. The Bertz CT molecular complexity index is 1100. The first-order chi connectivity index (χ1) is 15.6. The molecule has 170 valence electrons. The Hall–Kier alpha value is -2.33. The molecule has 0 spiro atoms. The van der Waals surface area contributed by atoms with Crippen molar-refractivity contribution < 1.29 is 23.2 Å². The van der Waals surface area contributed by atoms with E-state index in [1.807, 2.05) is 36.4 Å². The maximum absolute atomic E-state index is 12.4. The molecule has 32 heavy (non-hydrogen) atoms. The van der Waals surface area contributed by atoms with Crippen molar-refractivity contribution >= 4 is 45.6 Å². The zero-order valence-corrected chi connectivity index (χ0v) is 19.1. The Morgan fingerprint density at radius 2 is 2.00 bits per heavy atom. The average Bonchev–Trinajstić information content (AvgIpc) is 3.18. The van der Waals surface area contributed by atoms with Gasteiger partial charge >= 0.3 is 0 Å². The normalized spacial score (nSPS) is 15.2. The van der Waals surface area contributed by atoms with E-state index in [1.165, 1.54) is 5.56 Å². The molecule has 0 aliphatic heterocycles. The fraction of sp³-hybridized carbons (Fsp3) is 0.348. The summed E-state index contributed by atoms with van der Waals surface area (Å²) >= 11 is -1.12. The van der Waals surface area contributed by atoms with Crippen LogP contribution in [0.1, 0.15) is 36.1 Å². The summed E-state index contributed by atoms with van der Waals surface area (Å²) in [5.74, 6) is 1.48. The van der Waals surface area contributed by atoms with Gasteiger partial charge in [-0.25, -0.2) is 5.48 Å². The molecule has 1 aromatic heterocycles. The Morgan fingerprint density at radius 1 is 1.22 bits per heavy atom. The van der Waals surface area contributed by atoms with Gasteiger partial charge in [0.2, 0.25) is 0 Å². The van der Waals surface area contributed by atoms with Gasteiger partial charge in [0.15, 0.2) is 0 Å². The van der Waals surface area contributed by atoms with Crippen LogP contribution in [-0.4, -0.2) is 31.7 Å². The minimum atomic E-state index is -2.72. The number of carbonyl (C=O) groups excluding carboxylic acids is 1. The number of carbonyl (C=O) groups is 1. The predicted molar refractivity (Wildman–Crippen MR) is 125 cm³/mol. The maximum Gasteiger partial charge on any atom is 0.267 e. The summed E-state index contributed by atoms with van der Waals surface area (Å²) in [6.07, 6.45) is 4.26. The number of aryl methyl sites for hydroxylation is 2. The highest BCUT2D eigenvalue weighted by Gasteiger charge is 2.28. The van der Waals surface area contributed by atoms with Gasteiger partial charge in [-0.3, -0.25) is 18.5 Å². The molecule has 7 nitrogen and oxygen atoms in total. The second kappa shape index (κ2) is 10.5. The van der Waals surface area contributed by atoms with Gasteiger partial charge in [0.25, 0.3) is 5.91 Å². The van der Waals surface area contributed by atoms with E-state index in [9.17, 15) is 18.8 Å². The van der Waals surface area contributed by atoms with Gasteiger partial charge in [-0.05, 0) is 49.1 Å². The first-order valence-corrected chi connectivity index (χ1v) is 12.8. The molecule has 0 saturated carbocycles. The van der Waals surface area contributed by atoms with Crippen molar-refractivity contribution in [2.45, 2.75) is 43.9 Å². The highest BCUT2D eigenvalue weighted by Crippen LogP contribution is 2.35. The van der Waals surface area contributed by atoms with E-state index in [1.54, 1.807) is 29.4 Å². The van der Waals surface area contributed by atoms with Gasteiger partial charge < -0.3 is 8.97 Å². The summed E-state index contributed by atoms with van der Waals surface area (Å²) in [6, 6.07) is 14.0. The molecule has 1 amide bonds. The highest BCUT2D eigenvalue weighted by atomic mass is 32.2. The molecule has 1 aliphatic carbocycles. The third-order valence-electron chi connectivity index (χ3n) is 5.70. The van der Waals surface area contributed by atoms with E-state index in [4.69, 9.17) is 4.42 Å². The molecular weight excluding hydrogens is 448 g/mol. The number of nitrogens with zero attached hydrogens (tertiary/aromatic N) is 1. The maximum atomic E-state index is 12.4. The monoisotopic (exact) mass is 473 g/mol. The fourth-order valence-electron chi connectivity index (χ4n) is 4.15. The third-order valence-corrected chi connectivity index (χ3v) is 7.55. The van der Waals surface area contributed by atoms with Gasteiger partial charge in [0.05, 0.1) is 5.69 Å². The van der Waals surface area contributed by atoms with Gasteiger partial charge in [-0.2, -0.15) is 11.8 Å². The standard InChI is InChI=1S/C23H26N2O5S2/c26-23(24-27)20(12-13-31-15-16-6-2-1-3-7-16)25(32(28)29)17-10-11-19-18-8-4-5-9-21(18)30-22(19)14-17/h1-3,6-7,10-11,14,20,27H,4-5,8-9,12-13,15H2,(H,24,26)(H,28,29)/p-1. The Labute approximate surface area is 193 Å². The summed E-state index contributed by atoms with van der Waals surface area (Å²) in [6.45, 7) is 0. The largest absolute Gasteiger partial charge is 0.755 e. The van der Waals surface area contributed by atoms with E-state index in [-0.39, 0.29) is 6.42 Å². The lowest BCUT2D eigenvalue weighted by Gasteiger charge is -2.33. The molecular formula is C23H25N2O5S2-. The topological polar surface area (TPSA) is 106 Å². The van der Waals surface area contributed by atoms with Gasteiger partial charge in [-0.15, -0.1) is 0 Å². The minimum absolute atomic E-state index is 0.241. The number of hydroxylamine groups is 1. The first kappa shape index (κ1) is 22.8. The van der Waals surface area contributed by atoms with Crippen molar-refractivity contribution in [3.63, 3.8) is 0 Å². The van der Waals surface area contributed by atoms with Crippen molar-refractivity contribution in [1.82, 2.24) is 5.48 Å². The fourth-order valence-corrected chi connectivity index (χ4v) is 5.81. The lowest BCUT2D eigenvalue weighted by atomic mass is 9.96.